The molecule has 126 valence electrons. The smallest absolute Gasteiger partial charge is 0.330 e. The number of fused-ring (bicyclic) bond motifs is 4. The summed E-state index contributed by atoms with van der Waals surface area (Å²) in [6, 6.07) is 1.99. The summed E-state index contributed by atoms with van der Waals surface area (Å²) in [6.45, 7) is -0.638. The molecule has 0 saturated carbocycles. The Morgan fingerprint density at radius 1 is 1.17 bits per heavy atom. The maximum absolute atomic E-state index is 12.6. The van der Waals surface area contributed by atoms with Crippen LogP contribution in [0.4, 0.5) is 24.5 Å². The van der Waals surface area contributed by atoms with Crippen LogP contribution in [0.2, 0.25) is 0 Å². The fraction of sp³-hybridized carbons (Fsp3) is 0.308. The summed E-state index contributed by atoms with van der Waals surface area (Å²) >= 11 is 0. The Bertz CT molecular complexity index is 818. The lowest BCUT2D eigenvalue weighted by molar-refractivity contribution is -0.422. The molecule has 0 fully saturated rings. The second-order valence-electron chi connectivity index (χ2n) is 5.42. The van der Waals surface area contributed by atoms with Gasteiger partial charge in [0.15, 0.2) is 0 Å². The van der Waals surface area contributed by atoms with Gasteiger partial charge in [-0.25, -0.2) is 0 Å². The summed E-state index contributed by atoms with van der Waals surface area (Å²) in [5.74, 6) is -2.66. The van der Waals surface area contributed by atoms with Crippen LogP contribution in [0.1, 0.15) is 17.0 Å². The van der Waals surface area contributed by atoms with Crippen LogP contribution < -0.4 is 0 Å². The van der Waals surface area contributed by atoms with Gasteiger partial charge in [0.25, 0.3) is 0 Å². The lowest BCUT2D eigenvalue weighted by atomic mass is 9.99. The maximum Gasteiger partial charge on any atom is 0.471 e. The highest BCUT2D eigenvalue weighted by Crippen LogP contribution is 2.45. The van der Waals surface area contributed by atoms with Crippen molar-refractivity contribution in [2.45, 2.75) is 12.1 Å². The summed E-state index contributed by atoms with van der Waals surface area (Å²) < 4.78 is 37.8. The van der Waals surface area contributed by atoms with Crippen molar-refractivity contribution in [3.63, 3.8) is 0 Å². The number of hydrogen-bond acceptors (Lipinski definition) is 5. The van der Waals surface area contributed by atoms with Gasteiger partial charge >= 0.3 is 23.5 Å². The van der Waals surface area contributed by atoms with Crippen molar-refractivity contribution in [1.29, 1.82) is 0 Å². The molecule has 11 heteroatoms. The average molecular weight is 343 g/mol. The predicted octanol–water partition coefficient (Wildman–Crippen LogP) is 2.39. The largest absolute Gasteiger partial charge is 0.471 e. The molecule has 3 rings (SSSR count). The first-order valence-electron chi connectivity index (χ1n) is 6.63. The molecule has 1 aliphatic carbocycles. The quantitative estimate of drug-likeness (QED) is 0.605. The van der Waals surface area contributed by atoms with Crippen molar-refractivity contribution in [1.82, 2.24) is 4.90 Å². The summed E-state index contributed by atoms with van der Waals surface area (Å²) in [7, 11) is 0. The molecule has 1 heterocycles. The first-order chi connectivity index (χ1) is 11.1. The van der Waals surface area contributed by atoms with E-state index in [-0.39, 0.29) is 18.7 Å². The van der Waals surface area contributed by atoms with Gasteiger partial charge in [-0.3, -0.25) is 25.0 Å². The summed E-state index contributed by atoms with van der Waals surface area (Å²) in [4.78, 5) is 32.1. The van der Waals surface area contributed by atoms with Gasteiger partial charge in [-0.15, -0.1) is 0 Å². The number of carbonyl (C=O) groups is 1. The molecule has 1 atom stereocenters. The van der Waals surface area contributed by atoms with Gasteiger partial charge in [0.2, 0.25) is 0 Å². The Kier molecular flexibility index (Phi) is 3.32. The van der Waals surface area contributed by atoms with Crippen molar-refractivity contribution in [2.75, 3.05) is 13.1 Å². The zero-order valence-electron chi connectivity index (χ0n) is 11.7. The van der Waals surface area contributed by atoms with E-state index in [0.29, 0.717) is 16.0 Å². The van der Waals surface area contributed by atoms with Crippen molar-refractivity contribution < 1.29 is 27.8 Å². The number of alkyl halides is 3. The second-order valence-corrected chi connectivity index (χ2v) is 5.42. The highest BCUT2D eigenvalue weighted by atomic mass is 19.4. The molecule has 2 aliphatic rings. The SMILES string of the molecule is O=C(N1CC2=CC(C1)c1cc([N+](=O)[O-])c([N+](=O)[O-])cc12)C(F)(F)F. The Balaban J connectivity index is 2.03. The van der Waals surface area contributed by atoms with E-state index in [9.17, 15) is 38.2 Å². The van der Waals surface area contributed by atoms with E-state index < -0.39 is 39.2 Å². The molecule has 0 saturated heterocycles. The second kappa shape index (κ2) is 5.01. The molecule has 24 heavy (non-hydrogen) atoms. The standard InChI is InChI=1S/C13H8F3N3O5/c14-13(15,16)12(20)17-4-6-1-7(5-17)9-3-11(19(23)24)10(18(21)22)2-8(6)9/h1-3,6H,4-5H2. The number of nitro groups is 2. The number of rotatable bonds is 2. The van der Waals surface area contributed by atoms with E-state index in [1.54, 1.807) is 6.08 Å². The number of halogens is 3. The molecule has 0 N–H and O–H groups in total. The van der Waals surface area contributed by atoms with Crippen LogP contribution in [0.15, 0.2) is 18.2 Å². The van der Waals surface area contributed by atoms with Gasteiger partial charge in [0.1, 0.15) is 0 Å². The van der Waals surface area contributed by atoms with Crippen molar-refractivity contribution >= 4 is 22.9 Å². The van der Waals surface area contributed by atoms with E-state index in [4.69, 9.17) is 0 Å². The number of nitro benzene ring substituents is 2. The fourth-order valence-corrected chi connectivity index (χ4v) is 3.02. The number of amides is 1. The summed E-state index contributed by atoms with van der Waals surface area (Å²) in [6.07, 6.45) is -3.44. The Morgan fingerprint density at radius 3 is 2.29 bits per heavy atom. The molecule has 1 aliphatic heterocycles. The molecule has 1 aromatic rings. The maximum atomic E-state index is 12.6. The highest BCUT2D eigenvalue weighted by Gasteiger charge is 2.46. The van der Waals surface area contributed by atoms with Crippen molar-refractivity contribution in [3.05, 3.63) is 49.6 Å². The Morgan fingerprint density at radius 2 is 1.75 bits per heavy atom. The molecular weight excluding hydrogens is 335 g/mol. The number of benzene rings is 1. The number of carbonyl (C=O) groups excluding carboxylic acids is 1. The molecule has 2 bridgehead atoms. The monoisotopic (exact) mass is 343 g/mol. The van der Waals surface area contributed by atoms with Crippen LogP contribution in [0.25, 0.3) is 5.57 Å². The van der Waals surface area contributed by atoms with Gasteiger partial charge < -0.3 is 4.90 Å². The topological polar surface area (TPSA) is 107 Å². The third kappa shape index (κ3) is 2.37. The van der Waals surface area contributed by atoms with Crippen LogP contribution in [0.5, 0.6) is 0 Å². The third-order valence-electron chi connectivity index (χ3n) is 4.00. The molecule has 1 aromatic carbocycles. The van der Waals surface area contributed by atoms with Crippen LogP contribution in [-0.2, 0) is 4.79 Å². The van der Waals surface area contributed by atoms with Gasteiger partial charge in [0, 0.05) is 31.1 Å². The van der Waals surface area contributed by atoms with Crippen LogP contribution in [0.3, 0.4) is 0 Å². The van der Waals surface area contributed by atoms with E-state index in [1.807, 2.05) is 0 Å². The Hall–Kier alpha value is -2.98. The molecule has 1 unspecified atom stereocenters. The number of hydrogen-bond donors (Lipinski definition) is 0. The minimum atomic E-state index is -5.03. The first kappa shape index (κ1) is 15.9. The van der Waals surface area contributed by atoms with Crippen LogP contribution in [-0.4, -0.2) is 39.9 Å². The highest BCUT2D eigenvalue weighted by molar-refractivity contribution is 5.88. The Labute approximate surface area is 131 Å². The van der Waals surface area contributed by atoms with E-state index in [2.05, 4.69) is 0 Å². The van der Waals surface area contributed by atoms with Crippen LogP contribution >= 0.6 is 0 Å². The third-order valence-corrected chi connectivity index (χ3v) is 4.00. The molecule has 0 aromatic heterocycles. The normalized spacial score (nSPS) is 18.9. The van der Waals surface area contributed by atoms with Gasteiger partial charge in [-0.1, -0.05) is 6.08 Å². The molecule has 0 spiro atoms. The van der Waals surface area contributed by atoms with E-state index >= 15 is 0 Å². The minimum Gasteiger partial charge on any atom is -0.330 e. The fourth-order valence-electron chi connectivity index (χ4n) is 3.02. The van der Waals surface area contributed by atoms with E-state index in [0.717, 1.165) is 12.1 Å². The van der Waals surface area contributed by atoms with E-state index in [1.165, 1.54) is 0 Å². The van der Waals surface area contributed by atoms with Crippen molar-refractivity contribution in [3.8, 4) is 0 Å². The van der Waals surface area contributed by atoms with Crippen molar-refractivity contribution in [2.24, 2.45) is 0 Å². The van der Waals surface area contributed by atoms with Gasteiger partial charge in [0.05, 0.1) is 9.85 Å². The predicted molar refractivity (Wildman–Crippen MR) is 73.1 cm³/mol. The minimum absolute atomic E-state index is 0.273. The van der Waals surface area contributed by atoms with Gasteiger partial charge in [-0.05, 0) is 16.7 Å². The lowest BCUT2D eigenvalue weighted by Gasteiger charge is -2.28. The zero-order valence-corrected chi connectivity index (χ0v) is 11.7. The summed E-state index contributed by atoms with van der Waals surface area (Å²) in [5, 5.41) is 22.0. The summed E-state index contributed by atoms with van der Waals surface area (Å²) in [5.41, 5.74) is -0.554. The molecule has 8 nitrogen and oxygen atoms in total. The average Bonchev–Trinajstić information content (AvgIpc) is 2.74. The molecule has 1 amide bonds. The van der Waals surface area contributed by atoms with Gasteiger partial charge in [-0.2, -0.15) is 13.2 Å². The molecule has 0 radical (unpaired) electrons. The molecular formula is C13H8F3N3O5. The first-order valence-corrected chi connectivity index (χ1v) is 6.63. The lowest BCUT2D eigenvalue weighted by Crippen LogP contribution is -2.44. The number of nitrogens with zero attached hydrogens (tertiary/aromatic N) is 3. The zero-order chi connectivity index (χ0) is 17.8. The van der Waals surface area contributed by atoms with Crippen LogP contribution in [0, 0.1) is 20.2 Å².